The van der Waals surface area contributed by atoms with E-state index in [9.17, 15) is 12.8 Å². The van der Waals surface area contributed by atoms with E-state index in [1.54, 1.807) is 36.4 Å². The minimum Gasteiger partial charge on any atom is -0.382 e. The molecule has 1 aromatic heterocycles. The molecule has 1 aliphatic carbocycles. The minimum absolute atomic E-state index is 0.139. The number of hydrogen-bond acceptors (Lipinski definition) is 4. The number of aryl methyl sites for hydroxylation is 1. The monoisotopic (exact) mass is 459 g/mol. The average Bonchev–Trinajstić information content (AvgIpc) is 3.16. The zero-order valence-electron chi connectivity index (χ0n) is 17.9. The number of nitrogens with zero attached hydrogens (tertiary/aromatic N) is 2. The fraction of sp³-hybridized carbons (Fsp3) is 0.115. The van der Waals surface area contributed by atoms with E-state index in [2.05, 4.69) is 5.10 Å². The number of rotatable bonds is 4. The Kier molecular flexibility index (Phi) is 4.94. The number of nitrogens with two attached hydrogens (primary N) is 1. The first-order chi connectivity index (χ1) is 15.8. The van der Waals surface area contributed by atoms with E-state index in [0.29, 0.717) is 17.7 Å². The first kappa shape index (κ1) is 21.2. The van der Waals surface area contributed by atoms with Crippen molar-refractivity contribution in [3.05, 3.63) is 119 Å². The van der Waals surface area contributed by atoms with Crippen LogP contribution >= 0.6 is 0 Å². The van der Waals surface area contributed by atoms with Crippen LogP contribution in [0.15, 0.2) is 89.8 Å². The molecule has 0 saturated heterocycles. The molecular formula is C26H22FN3O2S. The highest BCUT2D eigenvalue weighted by Gasteiger charge is 2.39. The normalized spacial score (nSPS) is 17.6. The molecule has 0 radical (unpaired) electrons. The number of hydrogen-bond donors (Lipinski definition) is 1. The molecule has 1 unspecified atom stereocenters. The molecule has 0 amide bonds. The Balaban J connectivity index is 1.71. The Labute approximate surface area is 192 Å². The molecule has 5 rings (SSSR count). The first-order valence-electron chi connectivity index (χ1n) is 10.5. The maximum absolute atomic E-state index is 13.7. The van der Waals surface area contributed by atoms with E-state index in [0.717, 1.165) is 20.8 Å². The van der Waals surface area contributed by atoms with Gasteiger partial charge in [0, 0.05) is 17.4 Å². The molecule has 5 nitrogen and oxygen atoms in total. The summed E-state index contributed by atoms with van der Waals surface area (Å²) in [4.78, 5) is 0.139. The second-order valence-corrected chi connectivity index (χ2v) is 10.0. The molecule has 0 saturated carbocycles. The molecule has 0 fully saturated rings. The number of halogens is 1. The van der Waals surface area contributed by atoms with Crippen molar-refractivity contribution < 1.29 is 12.8 Å². The van der Waals surface area contributed by atoms with Gasteiger partial charge in [0.15, 0.2) is 5.82 Å². The van der Waals surface area contributed by atoms with Gasteiger partial charge in [-0.05, 0) is 42.3 Å². The van der Waals surface area contributed by atoms with Gasteiger partial charge < -0.3 is 5.73 Å². The SMILES string of the molecule is Cc1ccc(S(=O)(=O)n2nc(N)c3c2CC(c2ccccc2)(c2ccc(F)cc2)C=C3)cc1. The van der Waals surface area contributed by atoms with Crippen molar-refractivity contribution in [3.8, 4) is 0 Å². The second-order valence-electron chi connectivity index (χ2n) is 8.26. The van der Waals surface area contributed by atoms with Crippen LogP contribution in [0.2, 0.25) is 0 Å². The summed E-state index contributed by atoms with van der Waals surface area (Å²) in [5.74, 6) is -0.184. The lowest BCUT2D eigenvalue weighted by Gasteiger charge is -2.35. The smallest absolute Gasteiger partial charge is 0.283 e. The van der Waals surface area contributed by atoms with Gasteiger partial charge in [0.1, 0.15) is 5.82 Å². The minimum atomic E-state index is -3.97. The van der Waals surface area contributed by atoms with E-state index < -0.39 is 15.4 Å². The number of aromatic nitrogens is 2. The quantitative estimate of drug-likeness (QED) is 0.480. The molecule has 33 heavy (non-hydrogen) atoms. The summed E-state index contributed by atoms with van der Waals surface area (Å²) < 4.78 is 41.8. The molecule has 1 atom stereocenters. The van der Waals surface area contributed by atoms with Crippen LogP contribution in [0.3, 0.4) is 0 Å². The van der Waals surface area contributed by atoms with Gasteiger partial charge in [-0.3, -0.25) is 0 Å². The molecule has 4 aromatic rings. The lowest BCUT2D eigenvalue weighted by Crippen LogP contribution is -2.32. The maximum Gasteiger partial charge on any atom is 0.283 e. The van der Waals surface area contributed by atoms with Crippen LogP contribution in [-0.2, 0) is 21.9 Å². The van der Waals surface area contributed by atoms with Gasteiger partial charge in [0.2, 0.25) is 0 Å². The van der Waals surface area contributed by atoms with Gasteiger partial charge in [0.05, 0.1) is 10.6 Å². The van der Waals surface area contributed by atoms with Gasteiger partial charge in [0.25, 0.3) is 10.0 Å². The fourth-order valence-electron chi connectivity index (χ4n) is 4.41. The molecule has 0 spiro atoms. The zero-order chi connectivity index (χ0) is 23.2. The number of nitrogen functional groups attached to an aromatic ring is 1. The Morgan fingerprint density at radius 3 is 2.24 bits per heavy atom. The molecule has 3 aromatic carbocycles. The summed E-state index contributed by atoms with van der Waals surface area (Å²) in [6.07, 6.45) is 4.11. The van der Waals surface area contributed by atoms with Gasteiger partial charge in [-0.25, -0.2) is 4.39 Å². The molecule has 0 bridgehead atoms. The predicted octanol–water partition coefficient (Wildman–Crippen LogP) is 4.71. The van der Waals surface area contributed by atoms with Gasteiger partial charge in [-0.15, -0.1) is 5.10 Å². The van der Waals surface area contributed by atoms with Crippen molar-refractivity contribution in [2.75, 3.05) is 5.73 Å². The summed E-state index contributed by atoms with van der Waals surface area (Å²) in [6, 6.07) is 22.7. The third-order valence-corrected chi connectivity index (χ3v) is 7.82. The second kappa shape index (κ2) is 7.71. The Bertz CT molecular complexity index is 1460. The summed E-state index contributed by atoms with van der Waals surface area (Å²) in [6.45, 7) is 1.89. The van der Waals surface area contributed by atoms with E-state index in [1.807, 2.05) is 49.4 Å². The average molecular weight is 460 g/mol. The summed E-state index contributed by atoms with van der Waals surface area (Å²) >= 11 is 0. The third kappa shape index (κ3) is 3.45. The molecule has 0 aliphatic heterocycles. The lowest BCUT2D eigenvalue weighted by atomic mass is 9.68. The molecule has 7 heteroatoms. The Morgan fingerprint density at radius 1 is 0.939 bits per heavy atom. The van der Waals surface area contributed by atoms with Gasteiger partial charge in [-0.1, -0.05) is 72.3 Å². The Morgan fingerprint density at radius 2 is 1.58 bits per heavy atom. The highest BCUT2D eigenvalue weighted by molar-refractivity contribution is 7.89. The van der Waals surface area contributed by atoms with Crippen LogP contribution < -0.4 is 5.73 Å². The topological polar surface area (TPSA) is 78.0 Å². The Hall–Kier alpha value is -3.71. The van der Waals surface area contributed by atoms with Crippen LogP contribution in [0.4, 0.5) is 10.2 Å². The highest BCUT2D eigenvalue weighted by Crippen LogP contribution is 2.43. The number of fused-ring (bicyclic) bond motifs is 1. The number of anilines is 1. The number of benzene rings is 3. The van der Waals surface area contributed by atoms with E-state index in [-0.39, 0.29) is 16.5 Å². The lowest BCUT2D eigenvalue weighted by molar-refractivity contribution is 0.564. The van der Waals surface area contributed by atoms with Crippen molar-refractivity contribution in [1.29, 1.82) is 0 Å². The van der Waals surface area contributed by atoms with Crippen molar-refractivity contribution in [1.82, 2.24) is 9.19 Å². The van der Waals surface area contributed by atoms with Crippen LogP contribution in [-0.4, -0.2) is 17.6 Å². The molecule has 2 N–H and O–H groups in total. The zero-order valence-corrected chi connectivity index (χ0v) is 18.8. The highest BCUT2D eigenvalue weighted by atomic mass is 32.2. The number of allylic oxidation sites excluding steroid dienone is 1. The van der Waals surface area contributed by atoms with Crippen LogP contribution in [0, 0.1) is 12.7 Å². The molecule has 166 valence electrons. The molecular weight excluding hydrogens is 437 g/mol. The predicted molar refractivity (Wildman–Crippen MR) is 127 cm³/mol. The maximum atomic E-state index is 13.7. The summed E-state index contributed by atoms with van der Waals surface area (Å²) in [7, 11) is -3.97. The fourth-order valence-corrected chi connectivity index (χ4v) is 5.74. The molecule has 1 aliphatic rings. The van der Waals surface area contributed by atoms with Crippen molar-refractivity contribution in [2.24, 2.45) is 0 Å². The van der Waals surface area contributed by atoms with Gasteiger partial charge in [-0.2, -0.15) is 12.5 Å². The van der Waals surface area contributed by atoms with Crippen LogP contribution in [0.25, 0.3) is 6.08 Å². The van der Waals surface area contributed by atoms with Crippen LogP contribution in [0.1, 0.15) is 27.9 Å². The summed E-state index contributed by atoms with van der Waals surface area (Å²) in [5, 5.41) is 4.22. The largest absolute Gasteiger partial charge is 0.382 e. The van der Waals surface area contributed by atoms with E-state index >= 15 is 0 Å². The third-order valence-electron chi connectivity index (χ3n) is 6.19. The standard InChI is InChI=1S/C26H22FN3O2S/c1-18-7-13-22(14-8-18)33(31,32)30-24-17-26(19-5-3-2-4-6-19,16-15-23(24)25(28)29-30)20-9-11-21(27)12-10-20/h2-16H,17H2,1H3,(H2,28,29). The molecule has 1 heterocycles. The van der Waals surface area contributed by atoms with E-state index in [1.165, 1.54) is 12.1 Å². The van der Waals surface area contributed by atoms with Gasteiger partial charge >= 0.3 is 0 Å². The van der Waals surface area contributed by atoms with Crippen molar-refractivity contribution in [3.63, 3.8) is 0 Å². The summed E-state index contributed by atoms with van der Waals surface area (Å²) in [5.41, 5.74) is 9.27. The van der Waals surface area contributed by atoms with E-state index in [4.69, 9.17) is 5.73 Å². The first-order valence-corrected chi connectivity index (χ1v) is 12.0. The van der Waals surface area contributed by atoms with Crippen molar-refractivity contribution in [2.45, 2.75) is 23.7 Å². The van der Waals surface area contributed by atoms with Crippen molar-refractivity contribution >= 4 is 21.9 Å². The van der Waals surface area contributed by atoms with Crippen LogP contribution in [0.5, 0.6) is 0 Å².